The zero-order chi connectivity index (χ0) is 43.3. The minimum Gasteiger partial charge on any atom is -0.366 e. The summed E-state index contributed by atoms with van der Waals surface area (Å²) in [5, 5.41) is 21.3. The molecule has 4 heterocycles. The van der Waals surface area contributed by atoms with Crippen LogP contribution < -0.4 is 26.6 Å². The fraction of sp³-hybridized carbons (Fsp3) is 0.239. The van der Waals surface area contributed by atoms with Gasteiger partial charge in [0.2, 0.25) is 24.2 Å². The van der Waals surface area contributed by atoms with Crippen molar-refractivity contribution in [2.45, 2.75) is 60.3 Å². The quantitative estimate of drug-likeness (QED) is 0.0394. The Balaban J connectivity index is 1.01. The van der Waals surface area contributed by atoms with Gasteiger partial charge < -0.3 is 35.7 Å². The van der Waals surface area contributed by atoms with Gasteiger partial charge in [-0.2, -0.15) is 10.2 Å². The number of rotatable bonds is 18. The second-order valence-corrected chi connectivity index (χ2v) is 15.0. The Bertz CT molecular complexity index is 2970. The molecule has 0 bridgehead atoms. The van der Waals surface area contributed by atoms with E-state index in [1.807, 2.05) is 108 Å². The van der Waals surface area contributed by atoms with Gasteiger partial charge in [0, 0.05) is 68.2 Å². The van der Waals surface area contributed by atoms with Crippen molar-refractivity contribution >= 4 is 80.3 Å². The number of benzene rings is 4. The van der Waals surface area contributed by atoms with Crippen LogP contribution in [0, 0.1) is 13.8 Å². The second-order valence-electron chi connectivity index (χ2n) is 15.0. The smallest absolute Gasteiger partial charge is 0.251 e. The van der Waals surface area contributed by atoms with E-state index in [0.717, 1.165) is 56.9 Å². The number of anilines is 5. The Kier molecular flexibility index (Phi) is 11.8. The summed E-state index contributed by atoms with van der Waals surface area (Å²) in [4.78, 5) is 48.9. The Labute approximate surface area is 358 Å². The number of imidazole rings is 2. The van der Waals surface area contributed by atoms with E-state index >= 15 is 0 Å². The van der Waals surface area contributed by atoms with Gasteiger partial charge in [0.1, 0.15) is 11.6 Å². The lowest BCUT2D eigenvalue weighted by atomic mass is 10.1. The Morgan fingerprint density at radius 3 is 1.84 bits per heavy atom. The Hall–Kier alpha value is -7.75. The maximum Gasteiger partial charge on any atom is 0.251 e. The van der Waals surface area contributed by atoms with Gasteiger partial charge >= 0.3 is 0 Å². The number of allylic oxidation sites excluding steroid dienone is 2. The van der Waals surface area contributed by atoms with Crippen molar-refractivity contribution in [1.29, 1.82) is 0 Å². The largest absolute Gasteiger partial charge is 0.366 e. The van der Waals surface area contributed by atoms with Crippen LogP contribution in [-0.2, 0) is 31.0 Å². The molecule has 0 radical (unpaired) electrons. The molecule has 0 atom stereocenters. The molecule has 8 aromatic rings. The standard InChI is InChI=1S/C46H49N13O3/c1-5-58-41(24-30(3)53-58)51-45-49-37-27-34(43(47)61)15-18-39(37)56(45)22-9-10-23-57-40-19-16-35(28-38(40)50-46(57)52-42-25-31(4)54-59(42)6-2)44(62)48-20-11-21-55(29-60)36-17-14-32-12-7-8-13-33(32)26-36/h7-10,12-19,24-29H,5-6,11,20-23H2,1-4H3,(H2,47,61)(H,48,62)(H,49,51)(H,50,52)/b10-9+. The first-order valence-electron chi connectivity index (χ1n) is 20.7. The van der Waals surface area contributed by atoms with E-state index in [2.05, 4.69) is 42.9 Å². The van der Waals surface area contributed by atoms with Crippen LogP contribution in [0.15, 0.2) is 103 Å². The maximum absolute atomic E-state index is 13.4. The minimum atomic E-state index is -0.520. The Morgan fingerprint density at radius 1 is 0.710 bits per heavy atom. The van der Waals surface area contributed by atoms with Gasteiger partial charge in [0.05, 0.1) is 33.5 Å². The molecule has 16 nitrogen and oxygen atoms in total. The molecular weight excluding hydrogens is 783 g/mol. The van der Waals surface area contributed by atoms with E-state index in [1.54, 1.807) is 29.2 Å². The summed E-state index contributed by atoms with van der Waals surface area (Å²) in [7, 11) is 0. The van der Waals surface area contributed by atoms with Gasteiger partial charge in [-0.1, -0.05) is 42.5 Å². The third-order valence-corrected chi connectivity index (χ3v) is 10.7. The molecule has 0 spiro atoms. The van der Waals surface area contributed by atoms with Crippen LogP contribution in [0.25, 0.3) is 32.8 Å². The van der Waals surface area contributed by atoms with Crippen molar-refractivity contribution in [3.8, 4) is 0 Å². The predicted molar refractivity (Wildman–Crippen MR) is 243 cm³/mol. The molecule has 4 aromatic heterocycles. The van der Waals surface area contributed by atoms with E-state index in [0.29, 0.717) is 79.7 Å². The molecule has 316 valence electrons. The summed E-state index contributed by atoms with van der Waals surface area (Å²) in [5.74, 6) is 2.05. The van der Waals surface area contributed by atoms with Crippen LogP contribution in [0.1, 0.15) is 52.4 Å². The summed E-state index contributed by atoms with van der Waals surface area (Å²) in [5.41, 5.74) is 12.0. The molecule has 5 N–H and O–H groups in total. The molecule has 8 rings (SSSR count). The highest BCUT2D eigenvalue weighted by atomic mass is 16.2. The highest BCUT2D eigenvalue weighted by molar-refractivity contribution is 5.98. The summed E-state index contributed by atoms with van der Waals surface area (Å²) < 4.78 is 7.86. The van der Waals surface area contributed by atoms with Crippen molar-refractivity contribution < 1.29 is 14.4 Å². The number of primary amides is 1. The highest BCUT2D eigenvalue weighted by Gasteiger charge is 2.18. The SMILES string of the molecule is CCn1nc(C)cc1Nc1nc2cc(C(N)=O)ccc2n1C/C=C/Cn1c(Nc2cc(C)nn2CC)nc2cc(C(=O)NCCCN(C=O)c3ccc4ccccc4c3)ccc21. The topological polar surface area (TPSA) is 188 Å². The lowest BCUT2D eigenvalue weighted by Gasteiger charge is -2.18. The third-order valence-electron chi connectivity index (χ3n) is 10.7. The Morgan fingerprint density at radius 2 is 1.27 bits per heavy atom. The molecule has 0 fully saturated rings. The van der Waals surface area contributed by atoms with Crippen molar-refractivity contribution in [1.82, 2.24) is 44.0 Å². The number of aryl methyl sites for hydroxylation is 4. The van der Waals surface area contributed by atoms with Crippen molar-refractivity contribution in [2.75, 3.05) is 28.6 Å². The van der Waals surface area contributed by atoms with Crippen LogP contribution in [0.2, 0.25) is 0 Å². The average molecular weight is 832 g/mol. The van der Waals surface area contributed by atoms with Gasteiger partial charge in [0.15, 0.2) is 0 Å². The van der Waals surface area contributed by atoms with Gasteiger partial charge in [-0.05, 0) is 93.4 Å². The molecule has 4 aromatic carbocycles. The van der Waals surface area contributed by atoms with E-state index in [9.17, 15) is 14.4 Å². The predicted octanol–water partition coefficient (Wildman–Crippen LogP) is 7.21. The summed E-state index contributed by atoms with van der Waals surface area (Å²) in [6.45, 7) is 11.1. The number of hydrogen-bond donors (Lipinski definition) is 4. The molecule has 16 heteroatoms. The first-order valence-corrected chi connectivity index (χ1v) is 20.7. The molecule has 62 heavy (non-hydrogen) atoms. The maximum atomic E-state index is 13.4. The van der Waals surface area contributed by atoms with E-state index in [-0.39, 0.29) is 5.91 Å². The number of nitrogens with two attached hydrogens (primary N) is 1. The first kappa shape index (κ1) is 41.0. The van der Waals surface area contributed by atoms with Crippen LogP contribution in [0.5, 0.6) is 0 Å². The number of carbonyl (C=O) groups excluding carboxylic acids is 3. The second kappa shape index (κ2) is 17.8. The minimum absolute atomic E-state index is 0.226. The number of carbonyl (C=O) groups is 3. The molecule has 0 aliphatic rings. The third kappa shape index (κ3) is 8.61. The number of nitrogens with zero attached hydrogens (tertiary/aromatic N) is 9. The van der Waals surface area contributed by atoms with Crippen LogP contribution in [0.3, 0.4) is 0 Å². The first-order chi connectivity index (χ1) is 30.1. The molecule has 3 amide bonds. The zero-order valence-electron chi connectivity index (χ0n) is 35.2. The number of amides is 3. The van der Waals surface area contributed by atoms with Crippen LogP contribution in [-0.4, -0.2) is 70.0 Å². The van der Waals surface area contributed by atoms with Crippen molar-refractivity contribution in [3.05, 3.63) is 126 Å². The van der Waals surface area contributed by atoms with Crippen molar-refractivity contribution in [3.63, 3.8) is 0 Å². The number of fused-ring (bicyclic) bond motifs is 3. The normalized spacial score (nSPS) is 11.5. The van der Waals surface area contributed by atoms with E-state index in [1.165, 1.54) is 0 Å². The average Bonchev–Trinajstić information content (AvgIpc) is 4.03. The molecular formula is C46H49N13O3. The lowest BCUT2D eigenvalue weighted by Crippen LogP contribution is -2.29. The zero-order valence-corrected chi connectivity index (χ0v) is 35.2. The molecule has 0 saturated carbocycles. The molecule has 0 unspecified atom stereocenters. The van der Waals surface area contributed by atoms with Gasteiger partial charge in [-0.25, -0.2) is 19.3 Å². The van der Waals surface area contributed by atoms with Crippen LogP contribution in [0.4, 0.5) is 29.2 Å². The fourth-order valence-corrected chi connectivity index (χ4v) is 7.63. The lowest BCUT2D eigenvalue weighted by molar-refractivity contribution is -0.107. The highest BCUT2D eigenvalue weighted by Crippen LogP contribution is 2.27. The summed E-state index contributed by atoms with van der Waals surface area (Å²) in [6, 6.07) is 28.7. The molecule has 0 saturated heterocycles. The summed E-state index contributed by atoms with van der Waals surface area (Å²) in [6.07, 6.45) is 5.51. The summed E-state index contributed by atoms with van der Waals surface area (Å²) >= 11 is 0. The monoisotopic (exact) mass is 831 g/mol. The van der Waals surface area contributed by atoms with Crippen LogP contribution >= 0.6 is 0 Å². The van der Waals surface area contributed by atoms with Gasteiger partial charge in [0.25, 0.3) is 5.91 Å². The van der Waals surface area contributed by atoms with Gasteiger partial charge in [-0.3, -0.25) is 14.4 Å². The van der Waals surface area contributed by atoms with E-state index in [4.69, 9.17) is 15.7 Å². The number of nitrogens with one attached hydrogen (secondary N) is 3. The molecule has 0 aliphatic carbocycles. The van der Waals surface area contributed by atoms with E-state index < -0.39 is 5.91 Å². The fourth-order valence-electron chi connectivity index (χ4n) is 7.63. The van der Waals surface area contributed by atoms with Crippen molar-refractivity contribution in [2.24, 2.45) is 5.73 Å². The van der Waals surface area contributed by atoms with Gasteiger partial charge in [-0.15, -0.1) is 0 Å². The number of aromatic nitrogens is 8. The molecule has 0 aliphatic heterocycles. The number of hydrogen-bond acceptors (Lipinski definition) is 9.